The molecule has 0 amide bonds. The van der Waals surface area contributed by atoms with Crippen LogP contribution in [0.5, 0.6) is 0 Å². The molecule has 1 atom stereocenters. The molecule has 90 valence electrons. The average molecular weight is 232 g/mol. The maximum atomic E-state index is 8.86. The summed E-state index contributed by atoms with van der Waals surface area (Å²) in [5.74, 6) is 0.509. The molecule has 5 heteroatoms. The van der Waals surface area contributed by atoms with E-state index in [9.17, 15) is 0 Å². The Morgan fingerprint density at radius 3 is 3.00 bits per heavy atom. The predicted molar refractivity (Wildman–Crippen MR) is 63.6 cm³/mol. The Bertz CT molecular complexity index is 446. The summed E-state index contributed by atoms with van der Waals surface area (Å²) in [5, 5.41) is 12.1. The van der Waals surface area contributed by atoms with Crippen molar-refractivity contribution in [1.29, 1.82) is 5.26 Å². The number of aryl methyl sites for hydroxylation is 1. The highest BCUT2D eigenvalue weighted by atomic mass is 16.5. The average Bonchev–Trinajstić information content (AvgIpc) is 2.28. The van der Waals surface area contributed by atoms with Crippen molar-refractivity contribution < 1.29 is 4.74 Å². The number of hydrogen-bond acceptors (Lipinski definition) is 5. The smallest absolute Gasteiger partial charge is 0.224 e. The number of nitrogens with one attached hydrogen (secondary N) is 1. The Kier molecular flexibility index (Phi) is 3.25. The van der Waals surface area contributed by atoms with Crippen LogP contribution in [0.15, 0.2) is 6.07 Å². The molecule has 1 aromatic rings. The number of aromatic nitrogens is 2. The van der Waals surface area contributed by atoms with Crippen LogP contribution >= 0.6 is 0 Å². The van der Waals surface area contributed by atoms with Gasteiger partial charge in [0, 0.05) is 12.3 Å². The number of ether oxygens (including phenoxy) is 1. The molecule has 5 nitrogen and oxygen atoms in total. The molecular formula is C12H16N4O. The summed E-state index contributed by atoms with van der Waals surface area (Å²) in [7, 11) is 0. The lowest BCUT2D eigenvalue weighted by Crippen LogP contribution is -2.43. The Morgan fingerprint density at radius 2 is 2.35 bits per heavy atom. The van der Waals surface area contributed by atoms with Gasteiger partial charge >= 0.3 is 0 Å². The summed E-state index contributed by atoms with van der Waals surface area (Å²) in [4.78, 5) is 8.44. The normalized spacial score (nSPS) is 24.1. The lowest BCUT2D eigenvalue weighted by molar-refractivity contribution is 0.0537. The van der Waals surface area contributed by atoms with Crippen LogP contribution in [0.2, 0.25) is 0 Å². The van der Waals surface area contributed by atoms with Gasteiger partial charge in [0.05, 0.1) is 12.1 Å². The third-order valence-corrected chi connectivity index (χ3v) is 2.82. The molecule has 1 unspecified atom stereocenters. The molecule has 1 fully saturated rings. The molecule has 17 heavy (non-hydrogen) atoms. The largest absolute Gasteiger partial charge is 0.379 e. The fourth-order valence-corrected chi connectivity index (χ4v) is 1.98. The zero-order chi connectivity index (χ0) is 12.3. The minimum atomic E-state index is -0.140. The molecule has 1 aromatic heterocycles. The van der Waals surface area contributed by atoms with Crippen LogP contribution < -0.4 is 5.32 Å². The molecule has 1 aliphatic heterocycles. The quantitative estimate of drug-likeness (QED) is 0.839. The fraction of sp³-hybridized carbons (Fsp3) is 0.583. The second-order valence-electron chi connectivity index (χ2n) is 4.67. The van der Waals surface area contributed by atoms with Crippen molar-refractivity contribution >= 4 is 5.95 Å². The molecule has 0 saturated carbocycles. The topological polar surface area (TPSA) is 70.8 Å². The molecule has 0 aliphatic carbocycles. The van der Waals surface area contributed by atoms with Crippen LogP contribution in [0.1, 0.15) is 31.2 Å². The van der Waals surface area contributed by atoms with E-state index >= 15 is 0 Å². The third kappa shape index (κ3) is 2.92. The highest BCUT2D eigenvalue weighted by Crippen LogP contribution is 2.22. The first-order valence-corrected chi connectivity index (χ1v) is 5.73. The van der Waals surface area contributed by atoms with Gasteiger partial charge in [-0.1, -0.05) is 0 Å². The second kappa shape index (κ2) is 4.68. The van der Waals surface area contributed by atoms with Crippen molar-refractivity contribution in [2.75, 3.05) is 18.5 Å². The van der Waals surface area contributed by atoms with Crippen molar-refractivity contribution in [3.63, 3.8) is 0 Å². The van der Waals surface area contributed by atoms with E-state index in [0.717, 1.165) is 25.1 Å². The molecule has 1 N–H and O–H groups in total. The molecule has 0 aromatic carbocycles. The van der Waals surface area contributed by atoms with Crippen LogP contribution in [0.3, 0.4) is 0 Å². The maximum Gasteiger partial charge on any atom is 0.224 e. The number of anilines is 1. The molecular weight excluding hydrogens is 216 g/mol. The van der Waals surface area contributed by atoms with Gasteiger partial charge in [-0.05, 0) is 32.8 Å². The van der Waals surface area contributed by atoms with Crippen LogP contribution in [0.4, 0.5) is 5.95 Å². The van der Waals surface area contributed by atoms with Gasteiger partial charge in [-0.25, -0.2) is 9.97 Å². The Hall–Kier alpha value is -1.67. The van der Waals surface area contributed by atoms with E-state index in [2.05, 4.69) is 22.2 Å². The summed E-state index contributed by atoms with van der Waals surface area (Å²) in [5.41, 5.74) is 1.04. The standard InChI is InChI=1S/C12H16N4O/c1-9-6-10(7-13)15-11(14-9)16-12(2)4-3-5-17-8-12/h6H,3-5,8H2,1-2H3,(H,14,15,16). The zero-order valence-electron chi connectivity index (χ0n) is 10.2. The Morgan fingerprint density at radius 1 is 1.53 bits per heavy atom. The van der Waals surface area contributed by atoms with E-state index in [1.165, 1.54) is 0 Å². The van der Waals surface area contributed by atoms with Crippen LogP contribution in [-0.2, 0) is 4.74 Å². The van der Waals surface area contributed by atoms with Gasteiger partial charge < -0.3 is 10.1 Å². The molecule has 0 radical (unpaired) electrons. The van der Waals surface area contributed by atoms with Gasteiger partial charge in [-0.15, -0.1) is 0 Å². The number of hydrogen-bond donors (Lipinski definition) is 1. The van der Waals surface area contributed by atoms with E-state index in [1.54, 1.807) is 6.07 Å². The molecule has 1 saturated heterocycles. The summed E-state index contributed by atoms with van der Waals surface area (Å²) in [6, 6.07) is 3.71. The molecule has 1 aliphatic rings. The molecule has 2 heterocycles. The molecule has 0 bridgehead atoms. The van der Waals surface area contributed by atoms with Gasteiger partial charge in [0.2, 0.25) is 5.95 Å². The van der Waals surface area contributed by atoms with Crippen molar-refractivity contribution in [1.82, 2.24) is 9.97 Å². The van der Waals surface area contributed by atoms with Crippen LogP contribution in [0.25, 0.3) is 0 Å². The highest BCUT2D eigenvalue weighted by Gasteiger charge is 2.28. The first kappa shape index (κ1) is 11.8. The number of nitriles is 1. The molecule has 2 rings (SSSR count). The second-order valence-corrected chi connectivity index (χ2v) is 4.67. The highest BCUT2D eigenvalue weighted by molar-refractivity contribution is 5.35. The van der Waals surface area contributed by atoms with Crippen molar-refractivity contribution in [2.45, 2.75) is 32.2 Å². The zero-order valence-corrected chi connectivity index (χ0v) is 10.2. The van der Waals surface area contributed by atoms with Gasteiger partial charge in [-0.3, -0.25) is 0 Å². The van der Waals surface area contributed by atoms with Crippen LogP contribution in [-0.4, -0.2) is 28.7 Å². The summed E-state index contributed by atoms with van der Waals surface area (Å²) in [6.07, 6.45) is 2.05. The maximum absolute atomic E-state index is 8.86. The predicted octanol–water partition coefficient (Wildman–Crippen LogP) is 1.64. The van der Waals surface area contributed by atoms with Gasteiger partial charge in [0.25, 0.3) is 0 Å². The third-order valence-electron chi connectivity index (χ3n) is 2.82. The minimum absolute atomic E-state index is 0.140. The summed E-state index contributed by atoms with van der Waals surface area (Å²) >= 11 is 0. The van der Waals surface area contributed by atoms with Gasteiger partial charge in [0.1, 0.15) is 11.8 Å². The summed E-state index contributed by atoms with van der Waals surface area (Å²) < 4.78 is 5.46. The van der Waals surface area contributed by atoms with E-state index in [0.29, 0.717) is 18.2 Å². The first-order valence-electron chi connectivity index (χ1n) is 5.73. The SMILES string of the molecule is Cc1cc(C#N)nc(NC2(C)CCCOC2)n1. The van der Waals surface area contributed by atoms with E-state index in [-0.39, 0.29) is 5.54 Å². The van der Waals surface area contributed by atoms with E-state index in [1.807, 2.05) is 13.0 Å². The number of nitrogens with zero attached hydrogens (tertiary/aromatic N) is 3. The van der Waals surface area contributed by atoms with Crippen molar-refractivity contribution in [3.05, 3.63) is 17.5 Å². The van der Waals surface area contributed by atoms with E-state index < -0.39 is 0 Å². The van der Waals surface area contributed by atoms with Crippen molar-refractivity contribution in [3.8, 4) is 6.07 Å². The molecule has 0 spiro atoms. The minimum Gasteiger partial charge on any atom is -0.379 e. The van der Waals surface area contributed by atoms with Crippen LogP contribution in [0, 0.1) is 18.3 Å². The first-order chi connectivity index (χ1) is 8.11. The Balaban J connectivity index is 2.17. The summed E-state index contributed by atoms with van der Waals surface area (Å²) in [6.45, 7) is 5.40. The van der Waals surface area contributed by atoms with Crippen molar-refractivity contribution in [2.24, 2.45) is 0 Å². The van der Waals surface area contributed by atoms with Gasteiger partial charge in [0.15, 0.2) is 0 Å². The fourth-order valence-electron chi connectivity index (χ4n) is 1.98. The van der Waals surface area contributed by atoms with E-state index in [4.69, 9.17) is 10.00 Å². The Labute approximate surface area is 101 Å². The lowest BCUT2D eigenvalue weighted by atomic mass is 9.95. The monoisotopic (exact) mass is 232 g/mol. The lowest BCUT2D eigenvalue weighted by Gasteiger charge is -2.34. The van der Waals surface area contributed by atoms with Gasteiger partial charge in [-0.2, -0.15) is 5.26 Å². The number of rotatable bonds is 2.